The molecule has 0 fully saturated rings. The number of fused-ring (bicyclic) bond motifs is 4. The van der Waals surface area contributed by atoms with Gasteiger partial charge in [-0.15, -0.1) is 25.7 Å². The maximum absolute atomic E-state index is 17.4. The van der Waals surface area contributed by atoms with E-state index in [1.165, 1.54) is 6.20 Å². The predicted octanol–water partition coefficient (Wildman–Crippen LogP) is 24.3. The topological polar surface area (TPSA) is 177 Å². The molecule has 0 aliphatic heterocycles. The molecule has 0 saturated carbocycles. The van der Waals surface area contributed by atoms with Crippen LogP contribution in [0.3, 0.4) is 0 Å². The quantitative estimate of drug-likeness (QED) is 0.0678. The zero-order valence-corrected chi connectivity index (χ0v) is 79.9. The highest BCUT2D eigenvalue weighted by Crippen LogP contribution is 2.47. The molecule has 0 aliphatic carbocycles. The smallest absolute Gasteiger partial charge is 0.251 e. The number of halogens is 1. The van der Waals surface area contributed by atoms with Gasteiger partial charge in [-0.3, -0.25) is 19.2 Å². The lowest BCUT2D eigenvalue weighted by molar-refractivity contribution is 0.267. The van der Waals surface area contributed by atoms with Crippen LogP contribution in [0.15, 0.2) is 360 Å². The van der Waals surface area contributed by atoms with Gasteiger partial charge in [0.05, 0.1) is 114 Å². The highest BCUT2D eigenvalue weighted by Gasteiger charge is 2.41. The third-order valence-electron chi connectivity index (χ3n) is 27.1. The molecule has 20 nitrogen and oxygen atoms in total. The number of pyridine rings is 4. The molecule has 12 aromatic carbocycles. The summed E-state index contributed by atoms with van der Waals surface area (Å²) in [7, 11) is 14.7. The molecule has 20 aromatic rings. The van der Waals surface area contributed by atoms with Gasteiger partial charge in [-0.05, 0) is 194 Å². The van der Waals surface area contributed by atoms with Gasteiger partial charge < -0.3 is 36.5 Å². The zero-order valence-electron chi connectivity index (χ0n) is 79.9. The molecule has 20 rings (SSSR count). The minimum absolute atomic E-state index is 0. The van der Waals surface area contributed by atoms with Gasteiger partial charge in [-0.25, -0.2) is 43.7 Å². The fourth-order valence-electron chi connectivity index (χ4n) is 19.1. The van der Waals surface area contributed by atoms with Gasteiger partial charge in [0.15, 0.2) is 22.7 Å². The lowest BCUT2D eigenvalue weighted by Gasteiger charge is -2.32. The number of nitrogens with zero attached hydrogens (tertiary/aromatic N) is 16. The van der Waals surface area contributed by atoms with Crippen molar-refractivity contribution in [3.8, 4) is 93.9 Å². The van der Waals surface area contributed by atoms with Crippen LogP contribution in [-0.2, 0) is 72.9 Å². The van der Waals surface area contributed by atoms with Crippen molar-refractivity contribution in [1.82, 2.24) is 56.5 Å². The van der Waals surface area contributed by atoms with E-state index in [-0.39, 0.29) is 43.0 Å². The summed E-state index contributed by atoms with van der Waals surface area (Å²) in [6.45, 7) is 33.5. The number of hydrogen-bond acceptors (Lipinski definition) is 8. The Labute approximate surface area is 841 Å². The van der Waals surface area contributed by atoms with Crippen molar-refractivity contribution < 1.29 is 4.39 Å². The van der Waals surface area contributed by atoms with E-state index in [0.717, 1.165) is 139 Å². The van der Waals surface area contributed by atoms with Gasteiger partial charge in [0, 0.05) is 154 Å². The molecule has 8 heterocycles. The van der Waals surface area contributed by atoms with Crippen molar-refractivity contribution in [2.24, 2.45) is 56.4 Å². The Morgan fingerprint density at radius 1 is 0.303 bits per heavy atom. The molecule has 21 heteroatoms. The molecule has 4 atom stereocenters. The maximum atomic E-state index is 17.4. The second-order valence-corrected chi connectivity index (χ2v) is 35.3. The highest BCUT2D eigenvalue weighted by atomic mass is 19.1. The van der Waals surface area contributed by atoms with Crippen molar-refractivity contribution in [2.75, 3.05) is 0 Å². The van der Waals surface area contributed by atoms with Crippen molar-refractivity contribution in [3.05, 3.63) is 518 Å². The minimum Gasteiger partial charge on any atom is -0.337 e. The summed E-state index contributed by atoms with van der Waals surface area (Å²) in [5.41, 5.74) is 21.8. The van der Waals surface area contributed by atoms with Gasteiger partial charge in [0.25, 0.3) is 22.2 Å². The number of terminal acetylenes is 4. The van der Waals surface area contributed by atoms with E-state index in [1.807, 2.05) is 241 Å². The number of hydrogen-bond donors (Lipinski definition) is 0. The average Bonchev–Trinajstić information content (AvgIpc) is 1.39. The molecule has 0 bridgehead atoms. The highest BCUT2D eigenvalue weighted by molar-refractivity contribution is 5.99. The lowest BCUT2D eigenvalue weighted by Crippen LogP contribution is -2.28. The van der Waals surface area contributed by atoms with E-state index in [0.29, 0.717) is 61.6 Å². The maximum Gasteiger partial charge on any atom is 0.251 e. The molecule has 0 radical (unpaired) electrons. The molecule has 0 N–H and O–H groups in total. The zero-order chi connectivity index (χ0) is 101. The summed E-state index contributed by atoms with van der Waals surface area (Å²) < 4.78 is 31.7. The Morgan fingerprint density at radius 3 is 0.876 bits per heavy atom. The number of benzene rings is 12. The van der Waals surface area contributed by atoms with Gasteiger partial charge in [-0.1, -0.05) is 208 Å². The fourth-order valence-corrected chi connectivity index (χ4v) is 19.1. The number of imidazole rings is 4. The monoisotopic (exact) mass is 1890 g/mol. The summed E-state index contributed by atoms with van der Waals surface area (Å²) in [4.78, 5) is 82.7. The first-order valence-electron chi connectivity index (χ1n) is 45.4. The van der Waals surface area contributed by atoms with Gasteiger partial charge in [-0.2, -0.15) is 0 Å². The first-order chi connectivity index (χ1) is 69.1. The van der Waals surface area contributed by atoms with E-state index >= 15 is 4.39 Å². The van der Waals surface area contributed by atoms with Crippen LogP contribution in [0.25, 0.3) is 107 Å². The number of alkyl halides is 1. The summed E-state index contributed by atoms with van der Waals surface area (Å²) in [5, 5.41) is 3.58. The van der Waals surface area contributed by atoms with Crippen LogP contribution in [0.4, 0.5) is 27.1 Å². The van der Waals surface area contributed by atoms with Crippen molar-refractivity contribution in [1.29, 1.82) is 0 Å². The predicted molar refractivity (Wildman–Crippen MR) is 580 cm³/mol. The third kappa shape index (κ3) is 18.9. The molecule has 0 saturated heterocycles. The van der Waals surface area contributed by atoms with E-state index in [4.69, 9.17) is 52.0 Å². The fraction of sp³-hybridized carbons (Fsp3) is 0.129. The van der Waals surface area contributed by atoms with Crippen molar-refractivity contribution in [3.63, 3.8) is 0 Å². The van der Waals surface area contributed by atoms with E-state index in [9.17, 15) is 19.2 Å². The molecular weight excluding hydrogens is 1800 g/mol. The first kappa shape index (κ1) is 99.9. The van der Waals surface area contributed by atoms with E-state index in [2.05, 4.69) is 113 Å². The molecule has 706 valence electrons. The lowest BCUT2D eigenvalue weighted by atomic mass is 9.73. The summed E-state index contributed by atoms with van der Waals surface area (Å²) in [6.07, 6.45) is 36.6. The van der Waals surface area contributed by atoms with Crippen LogP contribution in [0.2, 0.25) is 0 Å². The van der Waals surface area contributed by atoms with E-state index in [1.54, 1.807) is 150 Å². The third-order valence-corrected chi connectivity index (χ3v) is 27.1. The van der Waals surface area contributed by atoms with Crippen LogP contribution < -0.4 is 22.2 Å². The molecule has 0 amide bonds. The number of aryl methyl sites for hydroxylation is 8. The van der Waals surface area contributed by atoms with Crippen LogP contribution in [0.1, 0.15) is 124 Å². The van der Waals surface area contributed by atoms with Crippen molar-refractivity contribution in [2.45, 2.75) is 51.1 Å². The molecule has 0 spiro atoms. The summed E-state index contributed by atoms with van der Waals surface area (Å²) >= 11 is 0. The Bertz CT molecular complexity index is 8470. The second kappa shape index (κ2) is 41.6. The van der Waals surface area contributed by atoms with Gasteiger partial charge in [0.1, 0.15) is 0 Å². The average molecular weight is 1900 g/mol. The van der Waals surface area contributed by atoms with Crippen LogP contribution in [-0.4, -0.2) is 56.5 Å². The molecule has 145 heavy (non-hydrogen) atoms. The largest absolute Gasteiger partial charge is 0.337 e. The first-order valence-corrected chi connectivity index (χ1v) is 45.4. The van der Waals surface area contributed by atoms with Crippen LogP contribution in [0, 0.1) is 75.7 Å². The van der Waals surface area contributed by atoms with E-state index < -0.39 is 16.5 Å². The number of aromatic nitrogens is 12. The second-order valence-electron chi connectivity index (χ2n) is 35.3. The Balaban J connectivity index is 0.000000145. The van der Waals surface area contributed by atoms with Crippen LogP contribution in [0.5, 0.6) is 0 Å². The Hall–Kier alpha value is -19.6. The van der Waals surface area contributed by atoms with Crippen LogP contribution >= 0.6 is 0 Å². The summed E-state index contributed by atoms with van der Waals surface area (Å²) in [5.74, 6) is 10.6. The number of rotatable bonds is 16. The molecular formula is C124H99FN16O4. The molecule has 0 unspecified atom stereocenters. The SMILES string of the molecule is C.C.[C-]#[N+]c1ccc([C@@H](c2ccc3c(c2)c(-c2cccc(C#C)c2)cc(=O)n3C)c2cncn2C)cc1.[C-]#[N+]c1ccc([C@@](C)(c2ccc3c(c2)c(-c2cccc(C#C)c2)cc(=O)n3C)c2cncn2C)cc1.[C-]#[N+]c1ccc([C@@](C)(c2ccc3c(c2)c(-c2cccc(C#C)c2)cc(=O)n3C)c2cncn2C)cc1.[C-]#[N+]c1ccc([C@@](F)(c2ccc3c(c2)c(-c2cccc(C#C)c2)cc(=O)n3C)c2cncn2C)cc1. The normalized spacial score (nSPS) is 12.2. The Morgan fingerprint density at radius 2 is 0.572 bits per heavy atom. The molecule has 8 aromatic heterocycles. The molecule has 0 aliphatic rings. The minimum atomic E-state index is -2.06. The van der Waals surface area contributed by atoms with Gasteiger partial charge in [0.2, 0.25) is 5.67 Å². The standard InChI is InChI=1S/2C31H24N4O.C30H21FN4O.C30H22N4O.2CH4/c2*1-6-21-8-7-9-22(16-21)26-18-30(36)35(5)28-15-12-24(17-27(26)28)31(2,29-19-33-20-34(29)4)23-10-13-25(32-3)14-11-23;1-5-20-7-6-8-21(15-20)25-17-29(36)35(4)27-14-11-23(16-26(25)27)30(31,28-18-33-19-34(28)3)22-9-12-24(32-2)13-10-22;1-5-20-7-6-8-22(15-20)25-17-29(35)34(4)27-14-11-23(16-26(25)27)30(28-18-32-19-33(28)3)21-9-12-24(31-2)13-10-21;;/h2*1,7-20H,2,4-5H3;1,6-19H,3-4H3;1,6-19,30H,3-4H3;2*1H4/t2*31-;2*30-;;/m0010../s1. The Kier molecular flexibility index (Phi) is 28.7. The summed E-state index contributed by atoms with van der Waals surface area (Å²) in [6, 6.07) is 90.5. The van der Waals surface area contributed by atoms with Gasteiger partial charge >= 0.3 is 0 Å². The van der Waals surface area contributed by atoms with Crippen molar-refractivity contribution >= 4 is 66.4 Å².